The number of carbonyl (C=O) groups excluding carboxylic acids is 1. The largest absolute Gasteiger partial charge is 0.328 e. The first-order valence-electron chi connectivity index (χ1n) is 7.64. The molecule has 6 heteroatoms. The lowest BCUT2D eigenvalue weighted by atomic mass is 10.1. The highest BCUT2D eigenvalue weighted by molar-refractivity contribution is 5.89. The van der Waals surface area contributed by atoms with Gasteiger partial charge in [0.2, 0.25) is 0 Å². The highest BCUT2D eigenvalue weighted by Crippen LogP contribution is 2.12. The van der Waals surface area contributed by atoms with E-state index in [0.29, 0.717) is 5.82 Å². The Bertz CT molecular complexity index is 605. The van der Waals surface area contributed by atoms with Gasteiger partial charge in [-0.2, -0.15) is 5.10 Å². The summed E-state index contributed by atoms with van der Waals surface area (Å²) in [4.78, 5) is 16.2. The lowest BCUT2D eigenvalue weighted by Gasteiger charge is -2.12. The number of aromatic amines is 1. The Morgan fingerprint density at radius 3 is 2.64 bits per heavy atom. The van der Waals surface area contributed by atoms with E-state index < -0.39 is 0 Å². The van der Waals surface area contributed by atoms with Crippen molar-refractivity contribution in [1.29, 1.82) is 0 Å². The Hall–Kier alpha value is -2.37. The van der Waals surface area contributed by atoms with Gasteiger partial charge in [-0.1, -0.05) is 25.5 Å². The first-order chi connectivity index (χ1) is 10.6. The second-order valence-electron chi connectivity index (χ2n) is 5.40. The number of hydrogen-bond donors (Lipinski definition) is 3. The van der Waals surface area contributed by atoms with Crippen molar-refractivity contribution in [3.05, 3.63) is 41.5 Å². The molecule has 0 bridgehead atoms. The van der Waals surface area contributed by atoms with E-state index in [1.807, 2.05) is 38.1 Å². The minimum absolute atomic E-state index is 0.256. The van der Waals surface area contributed by atoms with E-state index in [1.165, 1.54) is 18.4 Å². The number of carbonyl (C=O) groups is 1. The van der Waals surface area contributed by atoms with Crippen molar-refractivity contribution in [3.63, 3.8) is 0 Å². The van der Waals surface area contributed by atoms with Crippen LogP contribution in [-0.4, -0.2) is 21.2 Å². The van der Waals surface area contributed by atoms with Crippen LogP contribution in [0.3, 0.4) is 0 Å². The molecule has 0 saturated carbocycles. The normalized spacial score (nSPS) is 12.0. The van der Waals surface area contributed by atoms with Crippen LogP contribution in [0.25, 0.3) is 0 Å². The van der Waals surface area contributed by atoms with E-state index in [9.17, 15) is 4.79 Å². The molecule has 1 aromatic carbocycles. The van der Waals surface area contributed by atoms with E-state index in [2.05, 4.69) is 32.7 Å². The van der Waals surface area contributed by atoms with Crippen molar-refractivity contribution in [1.82, 2.24) is 20.5 Å². The van der Waals surface area contributed by atoms with Crippen LogP contribution in [0.15, 0.2) is 24.3 Å². The Balaban J connectivity index is 1.86. The number of hydrogen-bond acceptors (Lipinski definition) is 3. The highest BCUT2D eigenvalue weighted by atomic mass is 16.2. The van der Waals surface area contributed by atoms with Crippen LogP contribution in [0.4, 0.5) is 10.5 Å². The fourth-order valence-electron chi connectivity index (χ4n) is 2.12. The third-order valence-electron chi connectivity index (χ3n) is 3.38. The Labute approximate surface area is 130 Å². The van der Waals surface area contributed by atoms with Gasteiger partial charge in [0.25, 0.3) is 0 Å². The summed E-state index contributed by atoms with van der Waals surface area (Å²) in [5.41, 5.74) is 2.06. The zero-order valence-electron chi connectivity index (χ0n) is 13.3. The predicted molar refractivity (Wildman–Crippen MR) is 86.7 cm³/mol. The molecular formula is C16H23N5O. The molecule has 2 aromatic rings. The lowest BCUT2D eigenvalue weighted by molar-refractivity contribution is 0.249. The number of H-pyrrole nitrogens is 1. The summed E-state index contributed by atoms with van der Waals surface area (Å²) in [6.07, 6.45) is 3.44. The van der Waals surface area contributed by atoms with Gasteiger partial charge in [-0.05, 0) is 44.4 Å². The lowest BCUT2D eigenvalue weighted by Crippen LogP contribution is -2.31. The summed E-state index contributed by atoms with van der Waals surface area (Å²) >= 11 is 0. The third kappa shape index (κ3) is 4.58. The average molecular weight is 301 g/mol. The standard InChI is InChI=1S/C16H23N5O/c1-4-5-6-13-7-9-14(10-8-13)19-16(22)17-11(2)15-18-12(3)20-21-15/h7-11H,4-6H2,1-3H3,(H2,17,19,22)(H,18,20,21). The molecule has 1 heterocycles. The predicted octanol–water partition coefficient (Wildman–Crippen LogP) is 3.34. The van der Waals surface area contributed by atoms with Crippen LogP contribution in [0, 0.1) is 6.92 Å². The summed E-state index contributed by atoms with van der Waals surface area (Å²) in [5, 5.41) is 12.4. The molecule has 2 rings (SSSR count). The summed E-state index contributed by atoms with van der Waals surface area (Å²) < 4.78 is 0. The molecule has 0 aliphatic rings. The molecule has 2 amide bonds. The number of unbranched alkanes of at least 4 members (excludes halogenated alkanes) is 1. The van der Waals surface area contributed by atoms with Crippen LogP contribution in [0.1, 0.15) is 49.9 Å². The number of anilines is 1. The maximum atomic E-state index is 12.0. The number of urea groups is 1. The van der Waals surface area contributed by atoms with E-state index in [-0.39, 0.29) is 12.1 Å². The summed E-state index contributed by atoms with van der Waals surface area (Å²) in [6, 6.07) is 7.42. The van der Waals surface area contributed by atoms with E-state index in [4.69, 9.17) is 0 Å². The fraction of sp³-hybridized carbons (Fsp3) is 0.438. The van der Waals surface area contributed by atoms with Crippen LogP contribution < -0.4 is 10.6 Å². The molecule has 0 aliphatic carbocycles. The SMILES string of the molecule is CCCCc1ccc(NC(=O)NC(C)c2n[nH]c(C)n2)cc1. The number of aromatic nitrogens is 3. The molecule has 1 unspecified atom stereocenters. The first kappa shape index (κ1) is 16.0. The smallest absolute Gasteiger partial charge is 0.319 e. The van der Waals surface area contributed by atoms with E-state index in [1.54, 1.807) is 0 Å². The van der Waals surface area contributed by atoms with Gasteiger partial charge in [0.05, 0.1) is 6.04 Å². The van der Waals surface area contributed by atoms with Gasteiger partial charge in [0.1, 0.15) is 5.82 Å². The Morgan fingerprint density at radius 1 is 1.32 bits per heavy atom. The molecule has 0 aliphatic heterocycles. The maximum absolute atomic E-state index is 12.0. The van der Waals surface area contributed by atoms with Crippen molar-refractivity contribution >= 4 is 11.7 Å². The van der Waals surface area contributed by atoms with Crippen molar-refractivity contribution in [2.24, 2.45) is 0 Å². The molecule has 6 nitrogen and oxygen atoms in total. The van der Waals surface area contributed by atoms with Crippen molar-refractivity contribution < 1.29 is 4.79 Å². The third-order valence-corrected chi connectivity index (χ3v) is 3.38. The van der Waals surface area contributed by atoms with Crippen molar-refractivity contribution in [2.45, 2.75) is 46.1 Å². The molecule has 0 spiro atoms. The molecule has 3 N–H and O–H groups in total. The van der Waals surface area contributed by atoms with Gasteiger partial charge in [-0.3, -0.25) is 5.10 Å². The number of amides is 2. The van der Waals surface area contributed by atoms with Gasteiger partial charge >= 0.3 is 6.03 Å². The molecular weight excluding hydrogens is 278 g/mol. The zero-order chi connectivity index (χ0) is 15.9. The van der Waals surface area contributed by atoms with Gasteiger partial charge in [0.15, 0.2) is 5.82 Å². The second-order valence-corrected chi connectivity index (χ2v) is 5.40. The Kier molecular flexibility index (Phi) is 5.52. The number of nitrogens with zero attached hydrogens (tertiary/aromatic N) is 2. The monoisotopic (exact) mass is 301 g/mol. The van der Waals surface area contributed by atoms with Gasteiger partial charge < -0.3 is 10.6 Å². The molecule has 0 radical (unpaired) electrons. The van der Waals surface area contributed by atoms with Gasteiger partial charge in [-0.15, -0.1) is 0 Å². The van der Waals surface area contributed by atoms with Crippen LogP contribution in [0.2, 0.25) is 0 Å². The molecule has 1 aromatic heterocycles. The van der Waals surface area contributed by atoms with Crippen molar-refractivity contribution in [3.8, 4) is 0 Å². The van der Waals surface area contributed by atoms with Crippen LogP contribution in [0.5, 0.6) is 0 Å². The molecule has 0 fully saturated rings. The number of rotatable bonds is 6. The number of aryl methyl sites for hydroxylation is 2. The summed E-state index contributed by atoms with van der Waals surface area (Å²) in [6.45, 7) is 5.84. The van der Waals surface area contributed by atoms with Crippen LogP contribution in [-0.2, 0) is 6.42 Å². The van der Waals surface area contributed by atoms with Gasteiger partial charge in [-0.25, -0.2) is 9.78 Å². The summed E-state index contributed by atoms with van der Waals surface area (Å²) in [5.74, 6) is 1.30. The minimum Gasteiger partial charge on any atom is -0.328 e. The Morgan fingerprint density at radius 2 is 2.05 bits per heavy atom. The number of nitrogens with one attached hydrogen (secondary N) is 3. The topological polar surface area (TPSA) is 82.7 Å². The summed E-state index contributed by atoms with van der Waals surface area (Å²) in [7, 11) is 0. The van der Waals surface area contributed by atoms with Crippen LogP contribution >= 0.6 is 0 Å². The van der Waals surface area contributed by atoms with E-state index in [0.717, 1.165) is 17.9 Å². The first-order valence-corrected chi connectivity index (χ1v) is 7.64. The molecule has 22 heavy (non-hydrogen) atoms. The van der Waals surface area contributed by atoms with Crippen molar-refractivity contribution in [2.75, 3.05) is 5.32 Å². The molecule has 1 atom stereocenters. The highest BCUT2D eigenvalue weighted by Gasteiger charge is 2.13. The zero-order valence-corrected chi connectivity index (χ0v) is 13.3. The quantitative estimate of drug-likeness (QED) is 0.765. The fourth-order valence-corrected chi connectivity index (χ4v) is 2.12. The molecule has 118 valence electrons. The maximum Gasteiger partial charge on any atom is 0.319 e. The molecule has 0 saturated heterocycles. The minimum atomic E-state index is -0.267. The second kappa shape index (κ2) is 7.59. The average Bonchev–Trinajstić information content (AvgIpc) is 2.93. The number of benzene rings is 1. The van der Waals surface area contributed by atoms with E-state index >= 15 is 0 Å². The van der Waals surface area contributed by atoms with Gasteiger partial charge in [0, 0.05) is 5.69 Å².